The summed E-state index contributed by atoms with van der Waals surface area (Å²) in [6.45, 7) is 3.27. The monoisotopic (exact) mass is 293 g/mol. The molecule has 1 heterocycles. The van der Waals surface area contributed by atoms with E-state index < -0.39 is 0 Å². The number of hydrogen-bond acceptors (Lipinski definition) is 2. The van der Waals surface area contributed by atoms with Crippen LogP contribution >= 0.6 is 0 Å². The van der Waals surface area contributed by atoms with Gasteiger partial charge in [-0.25, -0.2) is 4.98 Å². The maximum atomic E-state index is 12.0. The highest BCUT2D eigenvalue weighted by molar-refractivity contribution is 5.77. The van der Waals surface area contributed by atoms with Crippen LogP contribution in [0, 0.1) is 6.92 Å². The minimum atomic E-state index is 0.0540. The van der Waals surface area contributed by atoms with Crippen LogP contribution in [0.15, 0.2) is 54.9 Å². The van der Waals surface area contributed by atoms with E-state index in [1.807, 2.05) is 41.0 Å². The number of hydrogen-bond donors (Lipinski definition) is 1. The molecule has 0 unspecified atom stereocenters. The summed E-state index contributed by atoms with van der Waals surface area (Å²) in [4.78, 5) is 16.3. The van der Waals surface area contributed by atoms with Crippen LogP contribution in [0.4, 0.5) is 0 Å². The van der Waals surface area contributed by atoms with Crippen LogP contribution in [0.2, 0.25) is 0 Å². The van der Waals surface area contributed by atoms with Gasteiger partial charge in [0.25, 0.3) is 0 Å². The van der Waals surface area contributed by atoms with Gasteiger partial charge in [-0.1, -0.05) is 42.0 Å². The summed E-state index contributed by atoms with van der Waals surface area (Å²) in [6, 6.07) is 16.1. The van der Waals surface area contributed by atoms with E-state index in [1.54, 1.807) is 6.33 Å². The number of nitrogens with zero attached hydrogens (tertiary/aromatic N) is 2. The van der Waals surface area contributed by atoms with E-state index >= 15 is 0 Å². The Morgan fingerprint density at radius 1 is 1.14 bits per heavy atom. The summed E-state index contributed by atoms with van der Waals surface area (Å²) in [7, 11) is 0. The molecule has 1 N–H and O–H groups in total. The Balaban J connectivity index is 1.53. The lowest BCUT2D eigenvalue weighted by Crippen LogP contribution is -2.23. The minimum absolute atomic E-state index is 0.0540. The Bertz CT molecular complexity index is 774. The number of benzene rings is 2. The zero-order valence-corrected chi connectivity index (χ0v) is 12.6. The van der Waals surface area contributed by atoms with E-state index in [0.717, 1.165) is 16.6 Å². The summed E-state index contributed by atoms with van der Waals surface area (Å²) in [5.41, 5.74) is 4.37. The smallest absolute Gasteiger partial charge is 0.222 e. The van der Waals surface area contributed by atoms with Gasteiger partial charge in [-0.05, 0) is 24.6 Å². The quantitative estimate of drug-likeness (QED) is 0.786. The third-order valence-electron chi connectivity index (χ3n) is 3.72. The minimum Gasteiger partial charge on any atom is -0.352 e. The van der Waals surface area contributed by atoms with Crippen LogP contribution in [0.5, 0.6) is 0 Å². The number of carbonyl (C=O) groups is 1. The second-order valence-electron chi connectivity index (χ2n) is 5.44. The second-order valence-corrected chi connectivity index (χ2v) is 5.44. The van der Waals surface area contributed by atoms with Gasteiger partial charge in [0.05, 0.1) is 17.4 Å². The highest BCUT2D eigenvalue weighted by Gasteiger charge is 2.05. The summed E-state index contributed by atoms with van der Waals surface area (Å²) in [5.74, 6) is 0.0540. The van der Waals surface area contributed by atoms with Crippen molar-refractivity contribution in [2.24, 2.45) is 0 Å². The van der Waals surface area contributed by atoms with E-state index in [4.69, 9.17) is 0 Å². The van der Waals surface area contributed by atoms with Crippen molar-refractivity contribution in [2.45, 2.75) is 26.4 Å². The molecule has 0 saturated heterocycles. The lowest BCUT2D eigenvalue weighted by Gasteiger charge is -2.07. The van der Waals surface area contributed by atoms with Gasteiger partial charge in [0.2, 0.25) is 5.91 Å². The van der Waals surface area contributed by atoms with E-state index in [2.05, 4.69) is 29.4 Å². The van der Waals surface area contributed by atoms with Crippen molar-refractivity contribution in [3.8, 4) is 0 Å². The fraction of sp³-hybridized carbons (Fsp3) is 0.222. The largest absolute Gasteiger partial charge is 0.352 e. The van der Waals surface area contributed by atoms with Gasteiger partial charge in [0.1, 0.15) is 0 Å². The van der Waals surface area contributed by atoms with Gasteiger partial charge in [0, 0.05) is 19.5 Å². The normalized spacial score (nSPS) is 10.8. The molecule has 0 atom stereocenters. The lowest BCUT2D eigenvalue weighted by atomic mass is 10.1. The lowest BCUT2D eigenvalue weighted by molar-refractivity contribution is -0.121. The van der Waals surface area contributed by atoms with Crippen molar-refractivity contribution in [3.05, 3.63) is 66.0 Å². The maximum absolute atomic E-state index is 12.0. The maximum Gasteiger partial charge on any atom is 0.222 e. The Kier molecular flexibility index (Phi) is 4.19. The molecule has 4 heteroatoms. The molecule has 112 valence electrons. The number of imidazole rings is 1. The molecule has 0 aliphatic rings. The first-order valence-electron chi connectivity index (χ1n) is 7.44. The molecule has 0 aliphatic carbocycles. The number of carbonyl (C=O) groups excluding carboxylic acids is 1. The SMILES string of the molecule is Cc1ccc(CNC(=O)CCn2cnc3ccccc32)cc1. The Morgan fingerprint density at radius 2 is 1.91 bits per heavy atom. The molecule has 0 fully saturated rings. The molecular weight excluding hydrogens is 274 g/mol. The zero-order valence-electron chi connectivity index (χ0n) is 12.6. The summed E-state index contributed by atoms with van der Waals surface area (Å²) in [5, 5.41) is 2.96. The predicted octanol–water partition coefficient (Wildman–Crippen LogP) is 3.05. The number of rotatable bonds is 5. The first-order valence-corrected chi connectivity index (χ1v) is 7.44. The summed E-state index contributed by atoms with van der Waals surface area (Å²) >= 11 is 0. The van der Waals surface area contributed by atoms with Crippen molar-refractivity contribution in [3.63, 3.8) is 0 Å². The average molecular weight is 293 g/mol. The predicted molar refractivity (Wildman–Crippen MR) is 87.4 cm³/mol. The highest BCUT2D eigenvalue weighted by Crippen LogP contribution is 2.12. The molecule has 3 aromatic rings. The third-order valence-corrected chi connectivity index (χ3v) is 3.72. The van der Waals surface area contributed by atoms with Crippen LogP contribution in [0.3, 0.4) is 0 Å². The number of nitrogens with one attached hydrogen (secondary N) is 1. The van der Waals surface area contributed by atoms with Gasteiger partial charge >= 0.3 is 0 Å². The van der Waals surface area contributed by atoms with E-state index in [1.165, 1.54) is 5.56 Å². The van der Waals surface area contributed by atoms with Crippen LogP contribution < -0.4 is 5.32 Å². The van der Waals surface area contributed by atoms with Crippen LogP contribution in [0.1, 0.15) is 17.5 Å². The van der Waals surface area contributed by atoms with Gasteiger partial charge in [-0.15, -0.1) is 0 Å². The van der Waals surface area contributed by atoms with Crippen molar-refractivity contribution in [2.75, 3.05) is 0 Å². The van der Waals surface area contributed by atoms with Crippen molar-refractivity contribution in [1.82, 2.24) is 14.9 Å². The van der Waals surface area contributed by atoms with Gasteiger partial charge < -0.3 is 9.88 Å². The number of aryl methyl sites for hydroxylation is 2. The zero-order chi connectivity index (χ0) is 15.4. The summed E-state index contributed by atoms with van der Waals surface area (Å²) < 4.78 is 2.01. The molecule has 0 spiro atoms. The number of amides is 1. The Hall–Kier alpha value is -2.62. The van der Waals surface area contributed by atoms with E-state index in [0.29, 0.717) is 19.5 Å². The fourth-order valence-electron chi connectivity index (χ4n) is 2.41. The van der Waals surface area contributed by atoms with Gasteiger partial charge in [-0.2, -0.15) is 0 Å². The standard InChI is InChI=1S/C18H19N3O/c1-14-6-8-15(9-7-14)12-19-18(22)10-11-21-13-20-16-4-2-3-5-17(16)21/h2-9,13H,10-12H2,1H3,(H,19,22). The third kappa shape index (κ3) is 3.34. The molecular formula is C18H19N3O. The average Bonchev–Trinajstić information content (AvgIpc) is 2.96. The molecule has 22 heavy (non-hydrogen) atoms. The van der Waals surface area contributed by atoms with Crippen molar-refractivity contribution >= 4 is 16.9 Å². The van der Waals surface area contributed by atoms with E-state index in [-0.39, 0.29) is 5.91 Å². The fourth-order valence-corrected chi connectivity index (χ4v) is 2.41. The highest BCUT2D eigenvalue weighted by atomic mass is 16.1. The first-order chi connectivity index (χ1) is 10.7. The molecule has 4 nitrogen and oxygen atoms in total. The van der Waals surface area contributed by atoms with Crippen LogP contribution in [-0.2, 0) is 17.9 Å². The van der Waals surface area contributed by atoms with E-state index in [9.17, 15) is 4.79 Å². The topological polar surface area (TPSA) is 46.9 Å². The molecule has 1 amide bonds. The van der Waals surface area contributed by atoms with Crippen LogP contribution in [-0.4, -0.2) is 15.5 Å². The van der Waals surface area contributed by atoms with Crippen LogP contribution in [0.25, 0.3) is 11.0 Å². The van der Waals surface area contributed by atoms with Crippen molar-refractivity contribution < 1.29 is 4.79 Å². The van der Waals surface area contributed by atoms with Crippen molar-refractivity contribution in [1.29, 1.82) is 0 Å². The number of fused-ring (bicyclic) bond motifs is 1. The first kappa shape index (κ1) is 14.3. The Morgan fingerprint density at radius 3 is 2.73 bits per heavy atom. The molecule has 0 aliphatic heterocycles. The molecule has 0 radical (unpaired) electrons. The second kappa shape index (κ2) is 6.43. The molecule has 3 rings (SSSR count). The Labute approximate surface area is 129 Å². The molecule has 0 bridgehead atoms. The number of aromatic nitrogens is 2. The van der Waals surface area contributed by atoms with Gasteiger partial charge in [-0.3, -0.25) is 4.79 Å². The molecule has 0 saturated carbocycles. The molecule has 2 aromatic carbocycles. The summed E-state index contributed by atoms with van der Waals surface area (Å²) in [6.07, 6.45) is 2.24. The van der Waals surface area contributed by atoms with Gasteiger partial charge in [0.15, 0.2) is 0 Å². The molecule has 1 aromatic heterocycles. The number of para-hydroxylation sites is 2.